The van der Waals surface area contributed by atoms with Crippen LogP contribution in [-0.4, -0.2) is 53.5 Å². The maximum atomic E-state index is 12.7. The molecule has 0 bridgehead atoms. The zero-order valence-corrected chi connectivity index (χ0v) is 15.0. The normalized spacial score (nSPS) is 16.5. The van der Waals surface area contributed by atoms with Gasteiger partial charge in [0.25, 0.3) is 5.91 Å². The van der Waals surface area contributed by atoms with E-state index in [1.807, 2.05) is 13.0 Å². The third-order valence-corrected chi connectivity index (χ3v) is 4.71. The number of carbonyl (C=O) groups excluding carboxylic acids is 1. The Balaban J connectivity index is 2.11. The SMILES string of the molecule is COCC1(CNC(=O)c2cc(OC)c(OC)cc2C)CCNCC1. The van der Waals surface area contributed by atoms with Crippen LogP contribution in [0.5, 0.6) is 11.5 Å². The summed E-state index contributed by atoms with van der Waals surface area (Å²) < 4.78 is 16.0. The summed E-state index contributed by atoms with van der Waals surface area (Å²) >= 11 is 0. The Bertz CT molecular complexity index is 563. The maximum Gasteiger partial charge on any atom is 0.251 e. The zero-order chi connectivity index (χ0) is 17.6. The second-order valence-corrected chi connectivity index (χ2v) is 6.39. The highest BCUT2D eigenvalue weighted by Gasteiger charge is 2.32. The van der Waals surface area contributed by atoms with Crippen molar-refractivity contribution in [3.63, 3.8) is 0 Å². The minimum absolute atomic E-state index is 0.000120. The van der Waals surface area contributed by atoms with Gasteiger partial charge in [0.05, 0.1) is 20.8 Å². The molecule has 1 amide bonds. The Hall–Kier alpha value is -1.79. The molecule has 1 aromatic rings. The molecule has 1 saturated heterocycles. The highest BCUT2D eigenvalue weighted by atomic mass is 16.5. The van der Waals surface area contributed by atoms with E-state index in [4.69, 9.17) is 14.2 Å². The molecule has 1 aliphatic rings. The molecule has 24 heavy (non-hydrogen) atoms. The van der Waals surface area contributed by atoms with Crippen LogP contribution in [0.2, 0.25) is 0 Å². The lowest BCUT2D eigenvalue weighted by molar-refractivity contribution is 0.0511. The average Bonchev–Trinajstić information content (AvgIpc) is 2.60. The third kappa shape index (κ3) is 4.19. The van der Waals surface area contributed by atoms with Crippen LogP contribution in [0.25, 0.3) is 0 Å². The van der Waals surface area contributed by atoms with Crippen LogP contribution in [-0.2, 0) is 4.74 Å². The second-order valence-electron chi connectivity index (χ2n) is 6.39. The lowest BCUT2D eigenvalue weighted by Crippen LogP contribution is -2.47. The van der Waals surface area contributed by atoms with Gasteiger partial charge in [-0.2, -0.15) is 0 Å². The van der Waals surface area contributed by atoms with E-state index in [1.54, 1.807) is 27.4 Å². The molecule has 0 unspecified atom stereocenters. The lowest BCUT2D eigenvalue weighted by Gasteiger charge is -2.37. The predicted octanol–water partition coefficient (Wildman–Crippen LogP) is 1.76. The number of hydrogen-bond donors (Lipinski definition) is 2. The van der Waals surface area contributed by atoms with Gasteiger partial charge in [0.2, 0.25) is 0 Å². The fourth-order valence-corrected chi connectivity index (χ4v) is 3.22. The molecule has 0 spiro atoms. The minimum atomic E-state index is -0.0949. The van der Waals surface area contributed by atoms with E-state index in [0.717, 1.165) is 31.5 Å². The standard InChI is InChI=1S/C18H28N2O4/c1-13-9-15(23-3)16(24-4)10-14(13)17(21)20-11-18(12-22-2)5-7-19-8-6-18/h9-10,19H,5-8,11-12H2,1-4H3,(H,20,21). The Morgan fingerprint density at radius 1 is 1.17 bits per heavy atom. The molecule has 1 aromatic carbocycles. The fourth-order valence-electron chi connectivity index (χ4n) is 3.22. The molecule has 0 radical (unpaired) electrons. The summed E-state index contributed by atoms with van der Waals surface area (Å²) in [6.45, 7) is 5.06. The van der Waals surface area contributed by atoms with Crippen LogP contribution >= 0.6 is 0 Å². The molecule has 1 fully saturated rings. The van der Waals surface area contributed by atoms with Crippen LogP contribution in [0.4, 0.5) is 0 Å². The van der Waals surface area contributed by atoms with Gasteiger partial charge in [-0.05, 0) is 50.6 Å². The third-order valence-electron chi connectivity index (χ3n) is 4.71. The number of hydrogen-bond acceptors (Lipinski definition) is 5. The van der Waals surface area contributed by atoms with Gasteiger partial charge in [0.15, 0.2) is 11.5 Å². The number of piperidine rings is 1. The van der Waals surface area contributed by atoms with Crippen molar-refractivity contribution < 1.29 is 19.0 Å². The van der Waals surface area contributed by atoms with Crippen molar-refractivity contribution in [2.75, 3.05) is 47.6 Å². The molecular weight excluding hydrogens is 308 g/mol. The van der Waals surface area contributed by atoms with Crippen molar-refractivity contribution in [3.8, 4) is 11.5 Å². The number of benzene rings is 1. The quantitative estimate of drug-likeness (QED) is 0.794. The van der Waals surface area contributed by atoms with Crippen LogP contribution in [0.15, 0.2) is 12.1 Å². The van der Waals surface area contributed by atoms with E-state index in [9.17, 15) is 4.79 Å². The van der Waals surface area contributed by atoms with Crippen molar-refractivity contribution in [3.05, 3.63) is 23.3 Å². The Kier molecular flexibility index (Phi) is 6.45. The number of methoxy groups -OCH3 is 3. The molecule has 6 heteroatoms. The van der Waals surface area contributed by atoms with Gasteiger partial charge in [-0.25, -0.2) is 0 Å². The molecule has 2 rings (SSSR count). The summed E-state index contributed by atoms with van der Waals surface area (Å²) in [4.78, 5) is 12.7. The molecular formula is C18H28N2O4. The van der Waals surface area contributed by atoms with Crippen molar-refractivity contribution in [2.45, 2.75) is 19.8 Å². The van der Waals surface area contributed by atoms with Crippen molar-refractivity contribution in [2.24, 2.45) is 5.41 Å². The van der Waals surface area contributed by atoms with E-state index in [2.05, 4.69) is 10.6 Å². The second kappa shape index (κ2) is 8.35. The molecule has 134 valence electrons. The number of amides is 1. The number of rotatable bonds is 7. The number of nitrogens with one attached hydrogen (secondary N) is 2. The number of aryl methyl sites for hydroxylation is 1. The first-order valence-corrected chi connectivity index (χ1v) is 8.26. The topological polar surface area (TPSA) is 68.8 Å². The summed E-state index contributed by atoms with van der Waals surface area (Å²) in [5.74, 6) is 1.09. The summed E-state index contributed by atoms with van der Waals surface area (Å²) in [5, 5.41) is 6.44. The number of carbonyl (C=O) groups is 1. The van der Waals surface area contributed by atoms with Gasteiger partial charge < -0.3 is 24.8 Å². The van der Waals surface area contributed by atoms with Crippen LogP contribution in [0.3, 0.4) is 0 Å². The van der Waals surface area contributed by atoms with Crippen LogP contribution < -0.4 is 20.1 Å². The fraction of sp³-hybridized carbons (Fsp3) is 0.611. The van der Waals surface area contributed by atoms with E-state index in [0.29, 0.717) is 30.2 Å². The van der Waals surface area contributed by atoms with Crippen molar-refractivity contribution in [1.29, 1.82) is 0 Å². The number of ether oxygens (including phenoxy) is 3. The predicted molar refractivity (Wildman–Crippen MR) is 93.0 cm³/mol. The van der Waals surface area contributed by atoms with Crippen molar-refractivity contribution >= 4 is 5.91 Å². The molecule has 1 heterocycles. The molecule has 0 aromatic heterocycles. The van der Waals surface area contributed by atoms with E-state index in [-0.39, 0.29) is 11.3 Å². The first-order valence-electron chi connectivity index (χ1n) is 8.26. The summed E-state index contributed by atoms with van der Waals surface area (Å²) in [7, 11) is 4.87. The Labute approximate surface area is 143 Å². The molecule has 2 N–H and O–H groups in total. The van der Waals surface area contributed by atoms with Crippen molar-refractivity contribution in [1.82, 2.24) is 10.6 Å². The lowest BCUT2D eigenvalue weighted by atomic mass is 9.79. The molecule has 1 aliphatic heterocycles. The van der Waals surface area contributed by atoms with E-state index in [1.165, 1.54) is 0 Å². The minimum Gasteiger partial charge on any atom is -0.493 e. The largest absolute Gasteiger partial charge is 0.493 e. The molecule has 0 aliphatic carbocycles. The van der Waals surface area contributed by atoms with Crippen LogP contribution in [0.1, 0.15) is 28.8 Å². The molecule has 0 atom stereocenters. The van der Waals surface area contributed by atoms with Crippen LogP contribution in [0, 0.1) is 12.3 Å². The highest BCUT2D eigenvalue weighted by molar-refractivity contribution is 5.96. The maximum absolute atomic E-state index is 12.7. The van der Waals surface area contributed by atoms with Gasteiger partial charge in [0.1, 0.15) is 0 Å². The monoisotopic (exact) mass is 336 g/mol. The van der Waals surface area contributed by atoms with Gasteiger partial charge in [0, 0.05) is 24.6 Å². The van der Waals surface area contributed by atoms with E-state index >= 15 is 0 Å². The Morgan fingerprint density at radius 3 is 2.38 bits per heavy atom. The Morgan fingerprint density at radius 2 is 1.79 bits per heavy atom. The van der Waals surface area contributed by atoms with E-state index < -0.39 is 0 Å². The summed E-state index contributed by atoms with van der Waals surface area (Å²) in [5.41, 5.74) is 1.46. The smallest absolute Gasteiger partial charge is 0.251 e. The zero-order valence-electron chi connectivity index (χ0n) is 15.0. The van der Waals surface area contributed by atoms with Gasteiger partial charge >= 0.3 is 0 Å². The first-order chi connectivity index (χ1) is 11.5. The first kappa shape index (κ1) is 18.5. The van der Waals surface area contributed by atoms with Gasteiger partial charge in [-0.1, -0.05) is 0 Å². The highest BCUT2D eigenvalue weighted by Crippen LogP contribution is 2.31. The molecule has 6 nitrogen and oxygen atoms in total. The van der Waals surface area contributed by atoms with Gasteiger partial charge in [-0.15, -0.1) is 0 Å². The average molecular weight is 336 g/mol. The summed E-state index contributed by atoms with van der Waals surface area (Å²) in [6.07, 6.45) is 1.98. The molecule has 0 saturated carbocycles. The summed E-state index contributed by atoms with van der Waals surface area (Å²) in [6, 6.07) is 3.55. The van der Waals surface area contributed by atoms with Gasteiger partial charge in [-0.3, -0.25) is 4.79 Å².